The minimum atomic E-state index is 0. The topological polar surface area (TPSA) is 68.2 Å². The molecule has 1 heterocycles. The first-order valence-corrected chi connectivity index (χ1v) is 7.28. The first-order valence-electron chi connectivity index (χ1n) is 7.28. The van der Waals surface area contributed by atoms with Crippen molar-refractivity contribution < 1.29 is 0 Å². The van der Waals surface area contributed by atoms with E-state index >= 15 is 0 Å². The van der Waals surface area contributed by atoms with Gasteiger partial charge in [-0.15, -0.1) is 24.0 Å². The van der Waals surface area contributed by atoms with Gasteiger partial charge in [0.15, 0.2) is 5.96 Å². The SMILES string of the molecule is C=C(C)CNC(N)=NCc1cccc(Cn2ccnc2C)c1.I. The molecule has 1 aromatic heterocycles. The number of nitrogens with zero attached hydrogens (tertiary/aromatic N) is 3. The molecule has 23 heavy (non-hydrogen) atoms. The summed E-state index contributed by atoms with van der Waals surface area (Å²) in [6, 6.07) is 8.36. The number of benzene rings is 1. The highest BCUT2D eigenvalue weighted by atomic mass is 127. The molecule has 0 unspecified atom stereocenters. The summed E-state index contributed by atoms with van der Waals surface area (Å²) in [6.07, 6.45) is 3.80. The van der Waals surface area contributed by atoms with Crippen molar-refractivity contribution in [2.75, 3.05) is 6.54 Å². The van der Waals surface area contributed by atoms with Crippen LogP contribution in [0.15, 0.2) is 53.8 Å². The highest BCUT2D eigenvalue weighted by Crippen LogP contribution is 2.09. The van der Waals surface area contributed by atoms with Crippen LogP contribution in [0.5, 0.6) is 0 Å². The normalized spacial score (nSPS) is 11.0. The predicted molar refractivity (Wildman–Crippen MR) is 106 cm³/mol. The van der Waals surface area contributed by atoms with Crippen LogP contribution >= 0.6 is 24.0 Å². The molecule has 0 fully saturated rings. The summed E-state index contributed by atoms with van der Waals surface area (Å²) < 4.78 is 2.12. The van der Waals surface area contributed by atoms with Gasteiger partial charge in [-0.3, -0.25) is 0 Å². The third-order valence-corrected chi connectivity index (χ3v) is 3.27. The van der Waals surface area contributed by atoms with E-state index in [1.165, 1.54) is 5.56 Å². The number of halogens is 1. The molecule has 0 saturated heterocycles. The lowest BCUT2D eigenvalue weighted by Crippen LogP contribution is -2.32. The highest BCUT2D eigenvalue weighted by Gasteiger charge is 2.00. The number of hydrogen-bond acceptors (Lipinski definition) is 2. The highest BCUT2D eigenvalue weighted by molar-refractivity contribution is 14.0. The van der Waals surface area contributed by atoms with Crippen molar-refractivity contribution in [1.29, 1.82) is 0 Å². The maximum Gasteiger partial charge on any atom is 0.189 e. The van der Waals surface area contributed by atoms with Crippen LogP contribution in [0.1, 0.15) is 23.9 Å². The van der Waals surface area contributed by atoms with Gasteiger partial charge in [-0.2, -0.15) is 0 Å². The number of nitrogens with two attached hydrogens (primary N) is 1. The summed E-state index contributed by atoms with van der Waals surface area (Å²) in [6.45, 7) is 9.79. The second kappa shape index (κ2) is 9.34. The van der Waals surface area contributed by atoms with Gasteiger partial charge >= 0.3 is 0 Å². The van der Waals surface area contributed by atoms with Crippen molar-refractivity contribution >= 4 is 29.9 Å². The average Bonchev–Trinajstić information content (AvgIpc) is 2.88. The Morgan fingerprint density at radius 3 is 2.78 bits per heavy atom. The minimum absolute atomic E-state index is 0. The molecule has 0 radical (unpaired) electrons. The molecule has 0 amide bonds. The molecule has 0 aliphatic carbocycles. The van der Waals surface area contributed by atoms with Crippen molar-refractivity contribution in [3.05, 3.63) is 65.8 Å². The predicted octanol–water partition coefficient (Wildman–Crippen LogP) is 2.84. The van der Waals surface area contributed by atoms with E-state index in [9.17, 15) is 0 Å². The zero-order valence-corrected chi connectivity index (χ0v) is 16.0. The summed E-state index contributed by atoms with van der Waals surface area (Å²) >= 11 is 0. The van der Waals surface area contributed by atoms with Crippen LogP contribution in [0.3, 0.4) is 0 Å². The molecule has 2 rings (SSSR count). The number of hydrogen-bond donors (Lipinski definition) is 2. The first kappa shape index (κ1) is 19.2. The Hall–Kier alpha value is -1.83. The second-order valence-electron chi connectivity index (χ2n) is 5.43. The van der Waals surface area contributed by atoms with Gasteiger partial charge in [-0.05, 0) is 25.0 Å². The Balaban J connectivity index is 0.00000264. The van der Waals surface area contributed by atoms with Gasteiger partial charge in [0.05, 0.1) is 6.54 Å². The molecule has 124 valence electrons. The van der Waals surface area contributed by atoms with E-state index in [1.54, 1.807) is 0 Å². The monoisotopic (exact) mass is 425 g/mol. The van der Waals surface area contributed by atoms with Crippen molar-refractivity contribution in [3.63, 3.8) is 0 Å². The maximum absolute atomic E-state index is 5.82. The molecular weight excluding hydrogens is 401 g/mol. The third kappa shape index (κ3) is 6.43. The third-order valence-electron chi connectivity index (χ3n) is 3.27. The molecule has 0 aliphatic rings. The molecule has 0 bridgehead atoms. The fraction of sp³-hybridized carbons (Fsp3) is 0.294. The van der Waals surface area contributed by atoms with E-state index in [1.807, 2.05) is 32.3 Å². The van der Waals surface area contributed by atoms with Gasteiger partial charge in [-0.25, -0.2) is 9.98 Å². The Morgan fingerprint density at radius 1 is 1.39 bits per heavy atom. The van der Waals surface area contributed by atoms with E-state index in [2.05, 4.69) is 44.6 Å². The van der Waals surface area contributed by atoms with Crippen molar-refractivity contribution in [3.8, 4) is 0 Å². The number of imidazole rings is 1. The van der Waals surface area contributed by atoms with E-state index in [0.717, 1.165) is 23.5 Å². The number of aliphatic imine (C=N–C) groups is 1. The molecular formula is C17H24IN5. The van der Waals surface area contributed by atoms with Gasteiger partial charge < -0.3 is 15.6 Å². The molecule has 0 spiro atoms. The fourth-order valence-electron chi connectivity index (χ4n) is 2.07. The van der Waals surface area contributed by atoms with Gasteiger partial charge in [0, 0.05) is 25.5 Å². The van der Waals surface area contributed by atoms with Crippen molar-refractivity contribution in [1.82, 2.24) is 14.9 Å². The smallest absolute Gasteiger partial charge is 0.189 e. The van der Waals surface area contributed by atoms with Gasteiger partial charge in [0.1, 0.15) is 5.82 Å². The van der Waals surface area contributed by atoms with Crippen LogP contribution in [0, 0.1) is 6.92 Å². The van der Waals surface area contributed by atoms with E-state index in [-0.39, 0.29) is 24.0 Å². The van der Waals surface area contributed by atoms with Crippen LogP contribution in [-0.4, -0.2) is 22.1 Å². The molecule has 0 atom stereocenters. The summed E-state index contributed by atoms with van der Waals surface area (Å²) in [5.41, 5.74) is 9.21. The lowest BCUT2D eigenvalue weighted by atomic mass is 10.1. The lowest BCUT2D eigenvalue weighted by Gasteiger charge is -2.08. The lowest BCUT2D eigenvalue weighted by molar-refractivity contribution is 0.760. The number of aryl methyl sites for hydroxylation is 1. The molecule has 2 aromatic rings. The van der Waals surface area contributed by atoms with Crippen molar-refractivity contribution in [2.24, 2.45) is 10.7 Å². The van der Waals surface area contributed by atoms with Gasteiger partial charge in [-0.1, -0.05) is 36.4 Å². The first-order chi connectivity index (χ1) is 10.5. The Kier molecular flexibility index (Phi) is 7.80. The molecule has 1 aromatic carbocycles. The van der Waals surface area contributed by atoms with E-state index in [0.29, 0.717) is 19.0 Å². The van der Waals surface area contributed by atoms with Crippen LogP contribution in [0.25, 0.3) is 0 Å². The molecule has 6 heteroatoms. The standard InChI is InChI=1S/C17H23N5.HI/c1-13(2)10-20-17(18)21-11-15-5-4-6-16(9-15)12-22-8-7-19-14(22)3;/h4-9H,1,10-12H2,2-3H3,(H3,18,20,21);1H. The molecule has 0 saturated carbocycles. The van der Waals surface area contributed by atoms with Crippen molar-refractivity contribution in [2.45, 2.75) is 26.9 Å². The van der Waals surface area contributed by atoms with Gasteiger partial charge in [0.25, 0.3) is 0 Å². The Labute approximate surface area is 154 Å². The van der Waals surface area contributed by atoms with Gasteiger partial charge in [0.2, 0.25) is 0 Å². The Bertz CT molecular complexity index is 675. The average molecular weight is 425 g/mol. The largest absolute Gasteiger partial charge is 0.370 e. The second-order valence-corrected chi connectivity index (χ2v) is 5.43. The van der Waals surface area contributed by atoms with Crippen LogP contribution in [0.4, 0.5) is 0 Å². The van der Waals surface area contributed by atoms with Crippen LogP contribution in [-0.2, 0) is 13.1 Å². The Morgan fingerprint density at radius 2 is 2.13 bits per heavy atom. The van der Waals surface area contributed by atoms with Crippen LogP contribution in [0.2, 0.25) is 0 Å². The summed E-state index contributed by atoms with van der Waals surface area (Å²) in [7, 11) is 0. The molecule has 5 nitrogen and oxygen atoms in total. The van der Waals surface area contributed by atoms with E-state index in [4.69, 9.17) is 5.73 Å². The summed E-state index contributed by atoms with van der Waals surface area (Å²) in [5.74, 6) is 1.45. The quantitative estimate of drug-likeness (QED) is 0.324. The maximum atomic E-state index is 5.82. The number of aromatic nitrogens is 2. The number of guanidine groups is 1. The number of rotatable bonds is 6. The van der Waals surface area contributed by atoms with E-state index < -0.39 is 0 Å². The molecule has 3 N–H and O–H groups in total. The van der Waals surface area contributed by atoms with Crippen LogP contribution < -0.4 is 11.1 Å². The fourth-order valence-corrected chi connectivity index (χ4v) is 2.07. The zero-order chi connectivity index (χ0) is 15.9. The molecule has 0 aliphatic heterocycles. The minimum Gasteiger partial charge on any atom is -0.370 e. The number of nitrogens with one attached hydrogen (secondary N) is 1. The zero-order valence-electron chi connectivity index (χ0n) is 13.6. The summed E-state index contributed by atoms with van der Waals surface area (Å²) in [5, 5.41) is 3.03. The summed E-state index contributed by atoms with van der Waals surface area (Å²) in [4.78, 5) is 8.58.